The van der Waals surface area contributed by atoms with E-state index < -0.39 is 0 Å². The molecule has 0 unspecified atom stereocenters. The quantitative estimate of drug-likeness (QED) is 0.498. The first-order valence-corrected chi connectivity index (χ1v) is 10.2. The van der Waals surface area contributed by atoms with E-state index in [0.717, 1.165) is 30.4 Å². The molecule has 0 amide bonds. The predicted octanol–water partition coefficient (Wildman–Crippen LogP) is 4.32. The molecule has 0 fully saturated rings. The molecule has 28 heavy (non-hydrogen) atoms. The van der Waals surface area contributed by atoms with Crippen molar-refractivity contribution in [3.8, 4) is 23.0 Å². The van der Waals surface area contributed by atoms with Gasteiger partial charge in [-0.25, -0.2) is 0 Å². The molecule has 5 nitrogen and oxygen atoms in total. The highest BCUT2D eigenvalue weighted by molar-refractivity contribution is 8.23. The van der Waals surface area contributed by atoms with Crippen molar-refractivity contribution in [3.05, 3.63) is 71.0 Å². The van der Waals surface area contributed by atoms with Crippen LogP contribution in [0.2, 0.25) is 0 Å². The third kappa shape index (κ3) is 4.10. The highest BCUT2D eigenvalue weighted by Crippen LogP contribution is 2.29. The van der Waals surface area contributed by atoms with Crippen LogP contribution in [0.5, 0.6) is 5.88 Å². The van der Waals surface area contributed by atoms with Gasteiger partial charge in [0.15, 0.2) is 5.82 Å². The standard InChI is InChI=1S/C21H21N3O2S2/c1-3-23(4-2)21(27)28-17-19(25)22-18(15-11-7-5-8-12-15)24(20(17)26)16-13-9-6-10-14-16/h5-14,25H,3-4H2,1-2H3. The minimum Gasteiger partial charge on any atom is -0.492 e. The minimum absolute atomic E-state index is 0.125. The number of hydrogen-bond donors (Lipinski definition) is 1. The van der Waals surface area contributed by atoms with Crippen LogP contribution in [0, 0.1) is 0 Å². The van der Waals surface area contributed by atoms with Gasteiger partial charge in [0.05, 0.1) is 5.69 Å². The monoisotopic (exact) mass is 411 g/mol. The van der Waals surface area contributed by atoms with Gasteiger partial charge in [-0.2, -0.15) is 4.98 Å². The van der Waals surface area contributed by atoms with Gasteiger partial charge in [-0.15, -0.1) is 0 Å². The molecule has 3 rings (SSSR count). The van der Waals surface area contributed by atoms with Crippen molar-refractivity contribution in [3.63, 3.8) is 0 Å². The minimum atomic E-state index is -0.350. The van der Waals surface area contributed by atoms with Gasteiger partial charge in [0.1, 0.15) is 9.22 Å². The Morgan fingerprint density at radius 3 is 2.21 bits per heavy atom. The smallest absolute Gasteiger partial charge is 0.276 e. The van der Waals surface area contributed by atoms with E-state index >= 15 is 0 Å². The molecular weight excluding hydrogens is 390 g/mol. The molecule has 0 radical (unpaired) electrons. The van der Waals surface area contributed by atoms with Crippen LogP contribution in [0.15, 0.2) is 70.4 Å². The average Bonchev–Trinajstić information content (AvgIpc) is 2.73. The lowest BCUT2D eigenvalue weighted by atomic mass is 10.2. The maximum atomic E-state index is 13.4. The van der Waals surface area contributed by atoms with E-state index in [9.17, 15) is 9.90 Å². The number of aromatic nitrogens is 2. The predicted molar refractivity (Wildman–Crippen MR) is 118 cm³/mol. The summed E-state index contributed by atoms with van der Waals surface area (Å²) in [5, 5.41) is 10.6. The Labute approximate surface area is 173 Å². The highest BCUT2D eigenvalue weighted by atomic mass is 32.2. The molecule has 0 spiro atoms. The van der Waals surface area contributed by atoms with Gasteiger partial charge in [0, 0.05) is 18.7 Å². The van der Waals surface area contributed by atoms with E-state index in [1.54, 1.807) is 0 Å². The molecule has 7 heteroatoms. The number of hydrogen-bond acceptors (Lipinski definition) is 5. The van der Waals surface area contributed by atoms with Crippen molar-refractivity contribution in [1.82, 2.24) is 14.5 Å². The maximum Gasteiger partial charge on any atom is 0.276 e. The number of para-hydroxylation sites is 1. The van der Waals surface area contributed by atoms with E-state index in [1.807, 2.05) is 79.4 Å². The van der Waals surface area contributed by atoms with Crippen molar-refractivity contribution in [2.45, 2.75) is 18.7 Å². The first kappa shape index (κ1) is 20.1. The second-order valence-corrected chi connectivity index (χ2v) is 7.61. The molecule has 0 atom stereocenters. The molecule has 1 N–H and O–H groups in total. The molecule has 2 aromatic carbocycles. The lowest BCUT2D eigenvalue weighted by Crippen LogP contribution is -2.29. The van der Waals surface area contributed by atoms with E-state index in [0.29, 0.717) is 15.8 Å². The molecule has 144 valence electrons. The summed E-state index contributed by atoms with van der Waals surface area (Å²) < 4.78 is 2.05. The van der Waals surface area contributed by atoms with Gasteiger partial charge in [0.25, 0.3) is 5.56 Å². The van der Waals surface area contributed by atoms with Crippen molar-refractivity contribution in [2.24, 2.45) is 0 Å². The second-order valence-electron chi connectivity index (χ2n) is 5.97. The summed E-state index contributed by atoms with van der Waals surface area (Å²) in [5.41, 5.74) is 1.06. The number of thiocarbonyl (C=S) groups is 1. The highest BCUT2D eigenvalue weighted by Gasteiger charge is 2.21. The van der Waals surface area contributed by atoms with Crippen LogP contribution >= 0.6 is 24.0 Å². The Bertz CT molecular complexity index is 1020. The number of nitrogens with zero attached hydrogens (tertiary/aromatic N) is 3. The molecular formula is C21H21N3O2S2. The van der Waals surface area contributed by atoms with Crippen LogP contribution in [0.3, 0.4) is 0 Å². The van der Waals surface area contributed by atoms with Crippen LogP contribution in [-0.4, -0.2) is 37.0 Å². The molecule has 1 heterocycles. The topological polar surface area (TPSA) is 58.4 Å². The van der Waals surface area contributed by atoms with E-state index in [-0.39, 0.29) is 16.3 Å². The molecule has 0 saturated heterocycles. The summed E-state index contributed by atoms with van der Waals surface area (Å²) in [7, 11) is 0. The summed E-state index contributed by atoms with van der Waals surface area (Å²) >= 11 is 6.54. The van der Waals surface area contributed by atoms with E-state index in [2.05, 4.69) is 4.98 Å². The molecule has 0 saturated carbocycles. The number of rotatable bonds is 5. The maximum absolute atomic E-state index is 13.4. The van der Waals surface area contributed by atoms with Crippen molar-refractivity contribution < 1.29 is 5.11 Å². The van der Waals surface area contributed by atoms with Crippen LogP contribution in [0.25, 0.3) is 17.1 Å². The first-order valence-electron chi connectivity index (χ1n) is 9.00. The summed E-state index contributed by atoms with van der Waals surface area (Å²) in [6.45, 7) is 5.45. The van der Waals surface area contributed by atoms with Crippen molar-refractivity contribution >= 4 is 28.3 Å². The van der Waals surface area contributed by atoms with E-state index in [1.165, 1.54) is 4.57 Å². The number of thioether (sulfide) groups is 1. The Balaban J connectivity index is 2.20. The Kier molecular flexibility index (Phi) is 6.49. The van der Waals surface area contributed by atoms with Gasteiger partial charge >= 0.3 is 0 Å². The zero-order chi connectivity index (χ0) is 20.1. The Morgan fingerprint density at radius 1 is 1.07 bits per heavy atom. The van der Waals surface area contributed by atoms with Crippen molar-refractivity contribution in [2.75, 3.05) is 13.1 Å². The second kappa shape index (κ2) is 9.03. The lowest BCUT2D eigenvalue weighted by molar-refractivity contribution is 0.434. The third-order valence-corrected chi connectivity index (χ3v) is 5.78. The zero-order valence-corrected chi connectivity index (χ0v) is 17.3. The van der Waals surface area contributed by atoms with Crippen LogP contribution in [-0.2, 0) is 0 Å². The SMILES string of the molecule is CCN(CC)C(=S)Sc1c(O)nc(-c2ccccc2)n(-c2ccccc2)c1=O. The normalized spacial score (nSPS) is 10.6. The van der Waals surface area contributed by atoms with Crippen LogP contribution in [0.1, 0.15) is 13.8 Å². The van der Waals surface area contributed by atoms with Gasteiger partial charge < -0.3 is 10.0 Å². The van der Waals surface area contributed by atoms with Gasteiger partial charge in [-0.1, -0.05) is 60.7 Å². The Hall–Kier alpha value is -2.64. The number of benzene rings is 2. The average molecular weight is 412 g/mol. The fraction of sp³-hybridized carbons (Fsp3) is 0.190. The van der Waals surface area contributed by atoms with Gasteiger partial charge in [-0.3, -0.25) is 9.36 Å². The molecule has 1 aromatic heterocycles. The molecule has 0 bridgehead atoms. The summed E-state index contributed by atoms with van der Waals surface area (Å²) in [5.74, 6) is 0.0722. The molecule has 0 aliphatic rings. The third-order valence-electron chi connectivity index (χ3n) is 4.28. The van der Waals surface area contributed by atoms with E-state index in [4.69, 9.17) is 12.2 Å². The number of aromatic hydroxyl groups is 1. The van der Waals surface area contributed by atoms with Crippen LogP contribution in [0.4, 0.5) is 0 Å². The Morgan fingerprint density at radius 2 is 1.64 bits per heavy atom. The van der Waals surface area contributed by atoms with Gasteiger partial charge in [-0.05, 0) is 37.7 Å². The molecule has 0 aliphatic heterocycles. The first-order chi connectivity index (χ1) is 13.6. The van der Waals surface area contributed by atoms with Crippen molar-refractivity contribution in [1.29, 1.82) is 0 Å². The summed E-state index contributed by atoms with van der Waals surface area (Å²) in [4.78, 5) is 19.8. The molecule has 3 aromatic rings. The summed E-state index contributed by atoms with van der Waals surface area (Å²) in [6.07, 6.45) is 0. The molecule has 0 aliphatic carbocycles. The van der Waals surface area contributed by atoms with Gasteiger partial charge in [0.2, 0.25) is 5.88 Å². The zero-order valence-electron chi connectivity index (χ0n) is 15.7. The fourth-order valence-corrected chi connectivity index (χ4v) is 4.20. The lowest BCUT2D eigenvalue weighted by Gasteiger charge is -2.21. The van der Waals surface area contributed by atoms with Crippen LogP contribution < -0.4 is 5.56 Å². The largest absolute Gasteiger partial charge is 0.492 e. The fourth-order valence-electron chi connectivity index (χ4n) is 2.81. The summed E-state index contributed by atoms with van der Waals surface area (Å²) in [6, 6.07) is 18.6.